The fourth-order valence-electron chi connectivity index (χ4n) is 3.65. The SMILES string of the molecule is Clc1ccc2c(c1)CC(CNCC1CCN(C3CC3)C1)O2. The quantitative estimate of drug-likeness (QED) is 0.905. The summed E-state index contributed by atoms with van der Waals surface area (Å²) in [5, 5.41) is 4.42. The Morgan fingerprint density at radius 1 is 1.24 bits per heavy atom. The van der Waals surface area contributed by atoms with E-state index in [0.29, 0.717) is 0 Å². The van der Waals surface area contributed by atoms with Gasteiger partial charge in [-0.3, -0.25) is 0 Å². The molecule has 0 spiro atoms. The zero-order valence-electron chi connectivity index (χ0n) is 12.4. The van der Waals surface area contributed by atoms with Crippen molar-refractivity contribution < 1.29 is 4.74 Å². The Balaban J connectivity index is 1.20. The molecule has 3 nitrogen and oxygen atoms in total. The number of benzene rings is 1. The molecule has 0 radical (unpaired) electrons. The highest BCUT2D eigenvalue weighted by Gasteiger charge is 2.34. The first-order chi connectivity index (χ1) is 10.3. The predicted molar refractivity (Wildman–Crippen MR) is 85.1 cm³/mol. The molecule has 1 N–H and O–H groups in total. The number of likely N-dealkylation sites (tertiary alicyclic amines) is 1. The molecule has 114 valence electrons. The van der Waals surface area contributed by atoms with Gasteiger partial charge in [-0.05, 0) is 62.0 Å². The number of hydrogen-bond donors (Lipinski definition) is 1. The second-order valence-corrected chi connectivity index (χ2v) is 7.17. The first-order valence-electron chi connectivity index (χ1n) is 8.18. The molecular weight excluding hydrogens is 284 g/mol. The summed E-state index contributed by atoms with van der Waals surface area (Å²) in [6, 6.07) is 6.84. The molecule has 1 aromatic carbocycles. The van der Waals surface area contributed by atoms with Crippen molar-refractivity contribution in [2.24, 2.45) is 5.92 Å². The third kappa shape index (κ3) is 3.20. The second-order valence-electron chi connectivity index (χ2n) is 6.74. The van der Waals surface area contributed by atoms with E-state index in [1.165, 1.54) is 37.9 Å². The topological polar surface area (TPSA) is 24.5 Å². The van der Waals surface area contributed by atoms with Crippen LogP contribution >= 0.6 is 11.6 Å². The van der Waals surface area contributed by atoms with Crippen LogP contribution in [0.1, 0.15) is 24.8 Å². The molecule has 2 aliphatic heterocycles. The van der Waals surface area contributed by atoms with Gasteiger partial charge in [-0.25, -0.2) is 0 Å². The van der Waals surface area contributed by atoms with E-state index in [2.05, 4.69) is 10.2 Å². The largest absolute Gasteiger partial charge is 0.488 e. The molecule has 4 heteroatoms. The average Bonchev–Trinajstić information content (AvgIpc) is 3.08. The number of rotatable bonds is 5. The summed E-state index contributed by atoms with van der Waals surface area (Å²) in [5.74, 6) is 1.83. The van der Waals surface area contributed by atoms with E-state index in [-0.39, 0.29) is 6.10 Å². The van der Waals surface area contributed by atoms with Gasteiger partial charge < -0.3 is 15.0 Å². The predicted octanol–water partition coefficient (Wildman–Crippen LogP) is 2.72. The molecule has 1 saturated carbocycles. The molecule has 2 unspecified atom stereocenters. The average molecular weight is 307 g/mol. The number of ether oxygens (including phenoxy) is 1. The second kappa shape index (κ2) is 5.79. The lowest BCUT2D eigenvalue weighted by molar-refractivity contribution is 0.224. The lowest BCUT2D eigenvalue weighted by Crippen LogP contribution is -2.34. The Hall–Kier alpha value is -0.770. The van der Waals surface area contributed by atoms with Gasteiger partial charge in [-0.1, -0.05) is 11.6 Å². The minimum Gasteiger partial charge on any atom is -0.488 e. The maximum atomic E-state index is 6.03. The van der Waals surface area contributed by atoms with Crippen LogP contribution in [-0.4, -0.2) is 43.2 Å². The van der Waals surface area contributed by atoms with Gasteiger partial charge in [-0.15, -0.1) is 0 Å². The van der Waals surface area contributed by atoms with Gasteiger partial charge in [0.25, 0.3) is 0 Å². The molecule has 3 aliphatic rings. The number of halogens is 1. The smallest absolute Gasteiger partial charge is 0.123 e. The molecule has 21 heavy (non-hydrogen) atoms. The monoisotopic (exact) mass is 306 g/mol. The van der Waals surface area contributed by atoms with Crippen LogP contribution < -0.4 is 10.1 Å². The normalized spacial score (nSPS) is 28.6. The molecule has 1 aliphatic carbocycles. The molecule has 0 bridgehead atoms. The minimum atomic E-state index is 0.263. The molecule has 0 amide bonds. The summed E-state index contributed by atoms with van der Waals surface area (Å²) < 4.78 is 5.96. The maximum Gasteiger partial charge on any atom is 0.123 e. The number of nitrogens with one attached hydrogen (secondary N) is 1. The maximum absolute atomic E-state index is 6.03. The number of nitrogens with zero attached hydrogens (tertiary/aromatic N) is 1. The van der Waals surface area contributed by atoms with Gasteiger partial charge in [0.2, 0.25) is 0 Å². The van der Waals surface area contributed by atoms with E-state index in [1.807, 2.05) is 18.2 Å². The number of hydrogen-bond acceptors (Lipinski definition) is 3. The molecular formula is C17H23ClN2O. The van der Waals surface area contributed by atoms with Crippen molar-refractivity contribution in [2.75, 3.05) is 26.2 Å². The Morgan fingerprint density at radius 2 is 2.14 bits per heavy atom. The summed E-state index contributed by atoms with van der Waals surface area (Å²) in [4.78, 5) is 2.68. The third-order valence-electron chi connectivity index (χ3n) is 4.95. The highest BCUT2D eigenvalue weighted by Crippen LogP contribution is 2.32. The zero-order valence-corrected chi connectivity index (χ0v) is 13.1. The Morgan fingerprint density at radius 3 is 3.00 bits per heavy atom. The highest BCUT2D eigenvalue weighted by atomic mass is 35.5. The van der Waals surface area contributed by atoms with Crippen LogP contribution in [0.5, 0.6) is 5.75 Å². The summed E-state index contributed by atoms with van der Waals surface area (Å²) >= 11 is 6.03. The summed E-state index contributed by atoms with van der Waals surface area (Å²) in [6.45, 7) is 4.66. The minimum absolute atomic E-state index is 0.263. The van der Waals surface area contributed by atoms with Crippen LogP contribution in [0.15, 0.2) is 18.2 Å². The van der Waals surface area contributed by atoms with E-state index in [1.54, 1.807) is 0 Å². The van der Waals surface area contributed by atoms with Crippen LogP contribution in [0.25, 0.3) is 0 Å². The van der Waals surface area contributed by atoms with Crippen LogP contribution in [0.3, 0.4) is 0 Å². The molecule has 2 fully saturated rings. The van der Waals surface area contributed by atoms with Crippen molar-refractivity contribution in [3.05, 3.63) is 28.8 Å². The van der Waals surface area contributed by atoms with E-state index < -0.39 is 0 Å². The van der Waals surface area contributed by atoms with Crippen LogP contribution in [0.2, 0.25) is 5.02 Å². The van der Waals surface area contributed by atoms with E-state index >= 15 is 0 Å². The Labute approximate surface area is 131 Å². The van der Waals surface area contributed by atoms with Gasteiger partial charge in [0, 0.05) is 30.6 Å². The summed E-state index contributed by atoms with van der Waals surface area (Å²) in [7, 11) is 0. The first-order valence-corrected chi connectivity index (χ1v) is 8.55. The molecule has 2 heterocycles. The van der Waals surface area contributed by atoms with Gasteiger partial charge >= 0.3 is 0 Å². The number of fused-ring (bicyclic) bond motifs is 1. The van der Waals surface area contributed by atoms with Gasteiger partial charge in [0.15, 0.2) is 0 Å². The fraction of sp³-hybridized carbons (Fsp3) is 0.647. The van der Waals surface area contributed by atoms with Gasteiger partial charge in [0.1, 0.15) is 11.9 Å². The lowest BCUT2D eigenvalue weighted by Gasteiger charge is -2.16. The van der Waals surface area contributed by atoms with E-state index in [9.17, 15) is 0 Å². The summed E-state index contributed by atoms with van der Waals surface area (Å²) in [6.07, 6.45) is 5.44. The van der Waals surface area contributed by atoms with E-state index in [4.69, 9.17) is 16.3 Å². The molecule has 1 aromatic rings. The fourth-order valence-corrected chi connectivity index (χ4v) is 3.85. The standard InChI is InChI=1S/C17H23ClN2O/c18-14-1-4-17-13(7-14)8-16(21-17)10-19-9-12-5-6-20(11-12)15-2-3-15/h1,4,7,12,15-16,19H,2-3,5-6,8-11H2. The van der Waals surface area contributed by atoms with Gasteiger partial charge in [0.05, 0.1) is 0 Å². The molecule has 0 aromatic heterocycles. The Bertz CT molecular complexity index is 518. The van der Waals surface area contributed by atoms with Crippen molar-refractivity contribution in [1.29, 1.82) is 0 Å². The summed E-state index contributed by atoms with van der Waals surface area (Å²) in [5.41, 5.74) is 1.25. The lowest BCUT2D eigenvalue weighted by atomic mass is 10.1. The van der Waals surface area contributed by atoms with Crippen LogP contribution in [0, 0.1) is 5.92 Å². The van der Waals surface area contributed by atoms with Crippen molar-refractivity contribution in [2.45, 2.75) is 37.8 Å². The van der Waals surface area contributed by atoms with Crippen molar-refractivity contribution in [1.82, 2.24) is 10.2 Å². The van der Waals surface area contributed by atoms with Crippen molar-refractivity contribution in [3.8, 4) is 5.75 Å². The highest BCUT2D eigenvalue weighted by molar-refractivity contribution is 6.30. The molecule has 2 atom stereocenters. The van der Waals surface area contributed by atoms with E-state index in [0.717, 1.165) is 42.2 Å². The Kier molecular flexibility index (Phi) is 3.82. The van der Waals surface area contributed by atoms with Crippen molar-refractivity contribution >= 4 is 11.6 Å². The first kappa shape index (κ1) is 13.9. The van der Waals surface area contributed by atoms with Crippen molar-refractivity contribution in [3.63, 3.8) is 0 Å². The van der Waals surface area contributed by atoms with Gasteiger partial charge in [-0.2, -0.15) is 0 Å². The molecule has 4 rings (SSSR count). The van der Waals surface area contributed by atoms with Crippen LogP contribution in [0.4, 0.5) is 0 Å². The third-order valence-corrected chi connectivity index (χ3v) is 5.18. The van der Waals surface area contributed by atoms with Crippen LogP contribution in [-0.2, 0) is 6.42 Å². The molecule has 1 saturated heterocycles. The zero-order chi connectivity index (χ0) is 14.2.